The molecule has 0 saturated carbocycles. The van der Waals surface area contributed by atoms with Crippen LogP contribution in [0.15, 0.2) is 52.3 Å². The second-order valence-corrected chi connectivity index (χ2v) is 8.33. The lowest BCUT2D eigenvalue weighted by Crippen LogP contribution is -2.22. The molecule has 0 radical (unpaired) electrons. The van der Waals surface area contributed by atoms with Gasteiger partial charge in [0.1, 0.15) is 11.5 Å². The zero-order valence-corrected chi connectivity index (χ0v) is 17.2. The van der Waals surface area contributed by atoms with Gasteiger partial charge in [0.15, 0.2) is 10.9 Å². The number of hydrogen-bond donors (Lipinski definition) is 2. The predicted octanol–water partition coefficient (Wildman–Crippen LogP) is 4.30. The lowest BCUT2D eigenvalue weighted by atomic mass is 10.2. The maximum Gasteiger partial charge on any atom is 0.238 e. The van der Waals surface area contributed by atoms with Crippen LogP contribution in [0.3, 0.4) is 0 Å². The number of carbonyl (C=O) groups is 2. The number of furan rings is 1. The van der Waals surface area contributed by atoms with Gasteiger partial charge in [0.25, 0.3) is 0 Å². The van der Waals surface area contributed by atoms with E-state index in [4.69, 9.17) is 4.42 Å². The molecule has 3 rings (SSSR count). The van der Waals surface area contributed by atoms with E-state index in [9.17, 15) is 9.59 Å². The van der Waals surface area contributed by atoms with Gasteiger partial charge < -0.3 is 15.1 Å². The number of rotatable bonds is 8. The van der Waals surface area contributed by atoms with Crippen molar-refractivity contribution < 1.29 is 14.0 Å². The number of nitrogens with one attached hydrogen (secondary N) is 2. The number of thioether (sulfide) groups is 1. The molecular formula is C20H21N3O3S2. The largest absolute Gasteiger partial charge is 0.458 e. The first-order valence-electron chi connectivity index (χ1n) is 8.76. The van der Waals surface area contributed by atoms with Crippen LogP contribution in [-0.2, 0) is 21.9 Å². The van der Waals surface area contributed by atoms with E-state index in [1.165, 1.54) is 23.8 Å². The van der Waals surface area contributed by atoms with Crippen molar-refractivity contribution in [2.24, 2.45) is 0 Å². The summed E-state index contributed by atoms with van der Waals surface area (Å²) < 4.78 is 5.69. The molecule has 1 aromatic carbocycles. The summed E-state index contributed by atoms with van der Waals surface area (Å²) >= 11 is 2.93. The zero-order valence-electron chi connectivity index (χ0n) is 15.6. The van der Waals surface area contributed by atoms with Crippen molar-refractivity contribution in [1.29, 1.82) is 0 Å². The highest BCUT2D eigenvalue weighted by atomic mass is 32.2. The monoisotopic (exact) mass is 415 g/mol. The second kappa shape index (κ2) is 9.57. The number of hydrogen-bond acceptors (Lipinski definition) is 6. The first-order chi connectivity index (χ1) is 13.5. The van der Waals surface area contributed by atoms with Gasteiger partial charge in [-0.05, 0) is 24.6 Å². The number of benzene rings is 1. The first kappa shape index (κ1) is 20.2. The van der Waals surface area contributed by atoms with Crippen molar-refractivity contribution >= 4 is 40.0 Å². The van der Waals surface area contributed by atoms with E-state index in [2.05, 4.69) is 15.6 Å². The van der Waals surface area contributed by atoms with Crippen LogP contribution in [0.4, 0.5) is 5.13 Å². The van der Waals surface area contributed by atoms with Gasteiger partial charge in [0, 0.05) is 18.1 Å². The SMILES string of the molecule is CC(=O)NCc1ccc(-c2csc(NC(=O)[C@@H](C)SCc3ccccc3)n2)o1. The average molecular weight is 416 g/mol. The summed E-state index contributed by atoms with van der Waals surface area (Å²) in [5.41, 5.74) is 1.84. The highest BCUT2D eigenvalue weighted by Crippen LogP contribution is 2.27. The Kier molecular flexibility index (Phi) is 6.89. The maximum atomic E-state index is 12.4. The highest BCUT2D eigenvalue weighted by molar-refractivity contribution is 7.99. The maximum absolute atomic E-state index is 12.4. The Labute approximate surface area is 171 Å². The third kappa shape index (κ3) is 5.71. The van der Waals surface area contributed by atoms with Crippen molar-refractivity contribution in [3.05, 3.63) is 59.2 Å². The average Bonchev–Trinajstić information content (AvgIpc) is 3.34. The van der Waals surface area contributed by atoms with Gasteiger partial charge in [-0.15, -0.1) is 23.1 Å². The van der Waals surface area contributed by atoms with Crippen LogP contribution in [0, 0.1) is 0 Å². The van der Waals surface area contributed by atoms with Crippen molar-refractivity contribution in [2.75, 3.05) is 5.32 Å². The minimum absolute atomic E-state index is 0.0763. The highest BCUT2D eigenvalue weighted by Gasteiger charge is 2.16. The van der Waals surface area contributed by atoms with Crippen molar-refractivity contribution in [3.63, 3.8) is 0 Å². The summed E-state index contributed by atoms with van der Waals surface area (Å²) in [7, 11) is 0. The Bertz CT molecular complexity index is 937. The molecule has 6 nitrogen and oxygen atoms in total. The quantitative estimate of drug-likeness (QED) is 0.573. The molecule has 0 saturated heterocycles. The summed E-state index contributed by atoms with van der Waals surface area (Å²) in [6, 6.07) is 13.7. The van der Waals surface area contributed by atoms with Gasteiger partial charge in [0.05, 0.1) is 11.8 Å². The van der Waals surface area contributed by atoms with Gasteiger partial charge in [-0.2, -0.15) is 0 Å². The van der Waals surface area contributed by atoms with Gasteiger partial charge in [-0.3, -0.25) is 9.59 Å². The number of anilines is 1. The van der Waals surface area contributed by atoms with Crippen molar-refractivity contribution in [3.8, 4) is 11.5 Å². The Morgan fingerprint density at radius 3 is 2.75 bits per heavy atom. The fourth-order valence-corrected chi connectivity index (χ4v) is 3.89. The first-order valence-corrected chi connectivity index (χ1v) is 10.7. The molecule has 146 valence electrons. The minimum Gasteiger partial charge on any atom is -0.458 e. The summed E-state index contributed by atoms with van der Waals surface area (Å²) in [5, 5.41) is 7.72. The normalized spacial score (nSPS) is 11.8. The number of nitrogens with zero attached hydrogens (tertiary/aromatic N) is 1. The van der Waals surface area contributed by atoms with Crippen LogP contribution in [-0.4, -0.2) is 22.0 Å². The fraction of sp³-hybridized carbons (Fsp3) is 0.250. The Morgan fingerprint density at radius 2 is 2.00 bits per heavy atom. The molecule has 8 heteroatoms. The summed E-state index contributed by atoms with van der Waals surface area (Å²) in [5.74, 6) is 1.84. The third-order valence-electron chi connectivity index (χ3n) is 3.87. The molecular weight excluding hydrogens is 394 g/mol. The van der Waals surface area contributed by atoms with E-state index in [1.54, 1.807) is 23.9 Å². The predicted molar refractivity (Wildman–Crippen MR) is 113 cm³/mol. The Balaban J connectivity index is 1.53. The smallest absolute Gasteiger partial charge is 0.238 e. The van der Waals surface area contributed by atoms with E-state index in [-0.39, 0.29) is 17.1 Å². The van der Waals surface area contributed by atoms with E-state index >= 15 is 0 Å². The summed E-state index contributed by atoms with van der Waals surface area (Å²) in [6.45, 7) is 3.68. The van der Waals surface area contributed by atoms with Gasteiger partial charge >= 0.3 is 0 Å². The van der Waals surface area contributed by atoms with Crippen LogP contribution in [0.1, 0.15) is 25.2 Å². The molecule has 0 aliphatic heterocycles. The number of amides is 2. The summed E-state index contributed by atoms with van der Waals surface area (Å²) in [6.07, 6.45) is 0. The lowest BCUT2D eigenvalue weighted by molar-refractivity contribution is -0.119. The molecule has 2 N–H and O–H groups in total. The van der Waals surface area contributed by atoms with E-state index in [1.807, 2.05) is 42.6 Å². The van der Waals surface area contributed by atoms with Gasteiger partial charge in [-0.1, -0.05) is 30.3 Å². The minimum atomic E-state index is -0.194. The van der Waals surface area contributed by atoms with E-state index < -0.39 is 0 Å². The molecule has 2 aromatic heterocycles. The molecule has 0 spiro atoms. The fourth-order valence-electron chi connectivity index (χ4n) is 2.34. The van der Waals surface area contributed by atoms with Crippen LogP contribution in [0.5, 0.6) is 0 Å². The Hall–Kier alpha value is -2.58. The molecule has 0 unspecified atom stereocenters. The summed E-state index contributed by atoms with van der Waals surface area (Å²) in [4.78, 5) is 27.8. The molecule has 3 aromatic rings. The van der Waals surface area contributed by atoms with Crippen molar-refractivity contribution in [2.45, 2.75) is 31.4 Å². The number of thiazole rings is 1. The standard InChI is InChI=1S/C20H21N3O3S2/c1-13(27-11-15-6-4-3-5-7-15)19(25)23-20-22-17(12-28-20)18-9-8-16(26-18)10-21-14(2)24/h3-9,12-13H,10-11H2,1-2H3,(H,21,24)(H,22,23,25)/t13-/m1/s1. The molecule has 2 heterocycles. The van der Waals surface area contributed by atoms with Crippen molar-refractivity contribution in [1.82, 2.24) is 10.3 Å². The molecule has 1 atom stereocenters. The van der Waals surface area contributed by atoms with Gasteiger partial charge in [0.2, 0.25) is 11.8 Å². The molecule has 28 heavy (non-hydrogen) atoms. The number of aromatic nitrogens is 1. The van der Waals surface area contributed by atoms with E-state index in [0.717, 1.165) is 5.75 Å². The molecule has 0 aliphatic rings. The molecule has 0 bridgehead atoms. The molecule has 0 aliphatic carbocycles. The van der Waals surface area contributed by atoms with Crippen LogP contribution >= 0.6 is 23.1 Å². The molecule has 0 fully saturated rings. The van der Waals surface area contributed by atoms with Crippen LogP contribution in [0.2, 0.25) is 0 Å². The lowest BCUT2D eigenvalue weighted by Gasteiger charge is -2.10. The number of carbonyl (C=O) groups excluding carboxylic acids is 2. The zero-order chi connectivity index (χ0) is 19.9. The third-order valence-corrected chi connectivity index (χ3v) is 5.84. The van der Waals surface area contributed by atoms with Crippen LogP contribution < -0.4 is 10.6 Å². The van der Waals surface area contributed by atoms with Gasteiger partial charge in [-0.25, -0.2) is 4.98 Å². The molecule has 2 amide bonds. The van der Waals surface area contributed by atoms with Crippen LogP contribution in [0.25, 0.3) is 11.5 Å². The second-order valence-electron chi connectivity index (χ2n) is 6.14. The topological polar surface area (TPSA) is 84.2 Å². The Morgan fingerprint density at radius 1 is 1.21 bits per heavy atom. The van der Waals surface area contributed by atoms with E-state index in [0.29, 0.717) is 28.9 Å².